The Morgan fingerprint density at radius 1 is 1.00 bits per heavy atom. The molecule has 0 unspecified atom stereocenters. The third-order valence-corrected chi connectivity index (χ3v) is 6.75. The number of ether oxygens (including phenoxy) is 1. The van der Waals surface area contributed by atoms with Gasteiger partial charge >= 0.3 is 0 Å². The van der Waals surface area contributed by atoms with E-state index >= 15 is 0 Å². The van der Waals surface area contributed by atoms with Gasteiger partial charge in [-0.05, 0) is 62.6 Å². The summed E-state index contributed by atoms with van der Waals surface area (Å²) in [5.41, 5.74) is 0.116. The van der Waals surface area contributed by atoms with E-state index in [0.717, 1.165) is 13.1 Å². The number of β-amino-alcohol motifs (C(OH)–C–C–N with tert-alkyl or cyclic N) is 2. The fourth-order valence-electron chi connectivity index (χ4n) is 4.67. The standard InChI is InChI=1S/C25H33FN2O4/c1-19-2-6-21(7-3-19)28-14-11-24(30,12-15-28)16-27-13-10-23(29)25(31,17-27)18-32-22-8-4-20(26)5-9-22/h2-9,23,29-31H,10-18H2,1H3/t23-,25-/m0/s1. The van der Waals surface area contributed by atoms with Gasteiger partial charge in [-0.3, -0.25) is 4.90 Å². The van der Waals surface area contributed by atoms with Crippen LogP contribution in [0.3, 0.4) is 0 Å². The summed E-state index contributed by atoms with van der Waals surface area (Å²) in [4.78, 5) is 4.31. The maximum absolute atomic E-state index is 13.1. The van der Waals surface area contributed by atoms with Gasteiger partial charge in [-0.1, -0.05) is 17.7 Å². The van der Waals surface area contributed by atoms with Gasteiger partial charge in [0.05, 0.1) is 11.7 Å². The Morgan fingerprint density at radius 2 is 1.66 bits per heavy atom. The number of aryl methyl sites for hydroxylation is 1. The van der Waals surface area contributed by atoms with Crippen LogP contribution in [0.15, 0.2) is 48.5 Å². The second kappa shape index (κ2) is 9.35. The molecule has 2 atom stereocenters. The van der Waals surface area contributed by atoms with Gasteiger partial charge in [-0.2, -0.15) is 0 Å². The van der Waals surface area contributed by atoms with Crippen molar-refractivity contribution in [3.63, 3.8) is 0 Å². The molecule has 0 saturated carbocycles. The van der Waals surface area contributed by atoms with Crippen LogP contribution in [0.5, 0.6) is 5.75 Å². The molecule has 0 spiro atoms. The van der Waals surface area contributed by atoms with Gasteiger partial charge in [-0.15, -0.1) is 0 Å². The molecule has 2 heterocycles. The lowest BCUT2D eigenvalue weighted by Gasteiger charge is -2.46. The first-order valence-electron chi connectivity index (χ1n) is 11.3. The van der Waals surface area contributed by atoms with Crippen molar-refractivity contribution >= 4 is 5.69 Å². The predicted octanol–water partition coefficient (Wildman–Crippen LogP) is 2.34. The third-order valence-electron chi connectivity index (χ3n) is 6.75. The fourth-order valence-corrected chi connectivity index (χ4v) is 4.67. The molecule has 2 fully saturated rings. The molecule has 3 N–H and O–H groups in total. The topological polar surface area (TPSA) is 76.4 Å². The highest BCUT2D eigenvalue weighted by Crippen LogP contribution is 2.30. The normalized spacial score (nSPS) is 26.2. The summed E-state index contributed by atoms with van der Waals surface area (Å²) in [6.07, 6.45) is 0.765. The zero-order valence-corrected chi connectivity index (χ0v) is 18.6. The molecule has 4 rings (SSSR count). The Labute approximate surface area is 188 Å². The van der Waals surface area contributed by atoms with Crippen LogP contribution in [0.2, 0.25) is 0 Å². The summed E-state index contributed by atoms with van der Waals surface area (Å²) in [7, 11) is 0. The number of hydrogen-bond acceptors (Lipinski definition) is 6. The van der Waals surface area contributed by atoms with E-state index in [1.807, 2.05) is 4.90 Å². The zero-order valence-electron chi connectivity index (χ0n) is 18.6. The second-order valence-corrected chi connectivity index (χ2v) is 9.41. The SMILES string of the molecule is Cc1ccc(N2CCC(O)(CN3CC[C@H](O)[C@@](O)(COc4ccc(F)cc4)C3)CC2)cc1. The average Bonchev–Trinajstić information content (AvgIpc) is 2.77. The minimum Gasteiger partial charge on any atom is -0.490 e. The zero-order chi connectivity index (χ0) is 22.8. The Hall–Kier alpha value is -2.19. The largest absolute Gasteiger partial charge is 0.490 e. The van der Waals surface area contributed by atoms with E-state index in [4.69, 9.17) is 4.74 Å². The molecule has 0 radical (unpaired) electrons. The molecule has 0 amide bonds. The van der Waals surface area contributed by atoms with E-state index in [0.29, 0.717) is 38.1 Å². The average molecular weight is 445 g/mol. The van der Waals surface area contributed by atoms with Crippen LogP contribution >= 0.6 is 0 Å². The van der Waals surface area contributed by atoms with E-state index in [-0.39, 0.29) is 19.0 Å². The number of aliphatic hydroxyl groups excluding tert-OH is 1. The highest BCUT2D eigenvalue weighted by atomic mass is 19.1. The third kappa shape index (κ3) is 5.41. The van der Waals surface area contributed by atoms with E-state index in [1.165, 1.54) is 35.5 Å². The van der Waals surface area contributed by atoms with Crippen molar-refractivity contribution in [3.05, 3.63) is 59.9 Å². The summed E-state index contributed by atoms with van der Waals surface area (Å²) in [6, 6.07) is 14.0. The highest BCUT2D eigenvalue weighted by molar-refractivity contribution is 5.48. The molecule has 0 bridgehead atoms. The number of nitrogens with zero attached hydrogens (tertiary/aromatic N) is 2. The molecule has 32 heavy (non-hydrogen) atoms. The van der Waals surface area contributed by atoms with Gasteiger partial charge in [0.1, 0.15) is 23.8 Å². The number of hydrogen-bond donors (Lipinski definition) is 3. The monoisotopic (exact) mass is 444 g/mol. The number of piperidine rings is 2. The maximum Gasteiger partial charge on any atom is 0.137 e. The minimum absolute atomic E-state index is 0.101. The quantitative estimate of drug-likeness (QED) is 0.635. The van der Waals surface area contributed by atoms with Gasteiger partial charge in [0.2, 0.25) is 0 Å². The van der Waals surface area contributed by atoms with Gasteiger partial charge < -0.3 is 25.0 Å². The van der Waals surface area contributed by atoms with Crippen LogP contribution in [-0.4, -0.2) is 76.9 Å². The second-order valence-electron chi connectivity index (χ2n) is 9.41. The van der Waals surface area contributed by atoms with Crippen molar-refractivity contribution in [1.29, 1.82) is 0 Å². The molecule has 174 valence electrons. The summed E-state index contributed by atoms with van der Waals surface area (Å²) in [5, 5.41) is 32.7. The Kier molecular flexibility index (Phi) is 6.72. The smallest absolute Gasteiger partial charge is 0.137 e. The lowest BCUT2D eigenvalue weighted by atomic mass is 9.86. The van der Waals surface area contributed by atoms with E-state index < -0.39 is 17.3 Å². The predicted molar refractivity (Wildman–Crippen MR) is 121 cm³/mol. The number of benzene rings is 2. The van der Waals surface area contributed by atoms with E-state index in [1.54, 1.807) is 0 Å². The summed E-state index contributed by atoms with van der Waals surface area (Å²) in [6.45, 7) is 4.77. The molecule has 2 aromatic carbocycles. The van der Waals surface area contributed by atoms with Crippen LogP contribution in [0, 0.1) is 12.7 Å². The van der Waals surface area contributed by atoms with Crippen LogP contribution in [0.25, 0.3) is 0 Å². The number of anilines is 1. The first-order chi connectivity index (χ1) is 15.2. The van der Waals surface area contributed by atoms with Crippen molar-refractivity contribution in [2.45, 2.75) is 43.5 Å². The summed E-state index contributed by atoms with van der Waals surface area (Å²) >= 11 is 0. The molecule has 2 aliphatic heterocycles. The fraction of sp³-hybridized carbons (Fsp3) is 0.520. The highest BCUT2D eigenvalue weighted by Gasteiger charge is 2.44. The number of aliphatic hydroxyl groups is 3. The lowest BCUT2D eigenvalue weighted by molar-refractivity contribution is -0.149. The molecule has 2 aliphatic rings. The first-order valence-corrected chi connectivity index (χ1v) is 11.3. The van der Waals surface area contributed by atoms with E-state index in [9.17, 15) is 19.7 Å². The van der Waals surface area contributed by atoms with Gasteiger partial charge in [0.15, 0.2) is 0 Å². The molecular weight excluding hydrogens is 411 g/mol. The van der Waals surface area contributed by atoms with Crippen molar-refractivity contribution in [2.75, 3.05) is 44.2 Å². The van der Waals surface area contributed by atoms with Gasteiger partial charge in [-0.25, -0.2) is 4.39 Å². The van der Waals surface area contributed by atoms with E-state index in [2.05, 4.69) is 36.1 Å². The maximum atomic E-state index is 13.1. The minimum atomic E-state index is -1.45. The molecular formula is C25H33FN2O4. The number of halogens is 1. The first kappa shape index (κ1) is 23.0. The van der Waals surface area contributed by atoms with Crippen LogP contribution in [0.4, 0.5) is 10.1 Å². The summed E-state index contributed by atoms with van der Waals surface area (Å²) < 4.78 is 18.7. The van der Waals surface area contributed by atoms with Crippen molar-refractivity contribution in [1.82, 2.24) is 4.90 Å². The molecule has 2 aromatic rings. The Balaban J connectivity index is 1.32. The van der Waals surface area contributed by atoms with Crippen LogP contribution in [0.1, 0.15) is 24.8 Å². The number of likely N-dealkylation sites (tertiary alicyclic amines) is 1. The molecule has 0 aromatic heterocycles. The van der Waals surface area contributed by atoms with Crippen molar-refractivity contribution in [3.8, 4) is 5.75 Å². The lowest BCUT2D eigenvalue weighted by Crippen LogP contribution is -2.62. The van der Waals surface area contributed by atoms with Crippen molar-refractivity contribution < 1.29 is 24.4 Å². The van der Waals surface area contributed by atoms with Crippen molar-refractivity contribution in [2.24, 2.45) is 0 Å². The Morgan fingerprint density at radius 3 is 2.31 bits per heavy atom. The van der Waals surface area contributed by atoms with Crippen LogP contribution < -0.4 is 9.64 Å². The Bertz CT molecular complexity index is 884. The summed E-state index contributed by atoms with van der Waals surface area (Å²) in [5.74, 6) is 0.0767. The van der Waals surface area contributed by atoms with Gasteiger partial charge in [0, 0.05) is 38.4 Å². The number of rotatable bonds is 6. The molecule has 7 heteroatoms. The molecule has 2 saturated heterocycles. The molecule has 0 aliphatic carbocycles. The van der Waals surface area contributed by atoms with Crippen LogP contribution in [-0.2, 0) is 0 Å². The van der Waals surface area contributed by atoms with Gasteiger partial charge in [0.25, 0.3) is 0 Å². The molecule has 6 nitrogen and oxygen atoms in total.